The van der Waals surface area contributed by atoms with E-state index in [1.165, 1.54) is 12.7 Å². The van der Waals surface area contributed by atoms with Crippen LogP contribution in [0.15, 0.2) is 54.6 Å². The maximum atomic E-state index is 11.7. The van der Waals surface area contributed by atoms with Crippen LogP contribution in [0, 0.1) is 0 Å². The summed E-state index contributed by atoms with van der Waals surface area (Å²) >= 11 is 0. The van der Waals surface area contributed by atoms with Crippen molar-refractivity contribution in [1.82, 2.24) is 4.68 Å². The number of benzene rings is 2. The molecule has 0 N–H and O–H groups in total. The minimum atomic E-state index is -0.303. The van der Waals surface area contributed by atoms with E-state index in [0.717, 1.165) is 29.7 Å². The van der Waals surface area contributed by atoms with Gasteiger partial charge in [-0.15, -0.1) is 0 Å². The topological polar surface area (TPSA) is 34.2 Å². The summed E-state index contributed by atoms with van der Waals surface area (Å²) < 4.78 is 7.05. The number of hydrogen-bond acceptors (Lipinski definition) is 3. The second kappa shape index (κ2) is 4.91. The summed E-state index contributed by atoms with van der Waals surface area (Å²) in [5, 5.41) is 3.33. The number of fused-ring (bicyclic) bond motifs is 1. The van der Waals surface area contributed by atoms with Gasteiger partial charge in [0.1, 0.15) is 0 Å². The van der Waals surface area contributed by atoms with E-state index in [9.17, 15) is 4.79 Å². The summed E-state index contributed by atoms with van der Waals surface area (Å²) in [5.41, 5.74) is 4.02. The SMILES string of the molecule is COC(=O)c1ccc2c(c1)cc(-c1ccccc1)n2N1CC1. The van der Waals surface area contributed by atoms with Gasteiger partial charge < -0.3 is 9.75 Å². The Balaban J connectivity index is 1.93. The summed E-state index contributed by atoms with van der Waals surface area (Å²) in [6.07, 6.45) is 0. The monoisotopic (exact) mass is 292 g/mol. The molecule has 1 aliphatic heterocycles. The average molecular weight is 292 g/mol. The van der Waals surface area contributed by atoms with Gasteiger partial charge in [-0.05, 0) is 24.3 Å². The Kier molecular flexibility index (Phi) is 2.89. The van der Waals surface area contributed by atoms with Crippen LogP contribution >= 0.6 is 0 Å². The van der Waals surface area contributed by atoms with Crippen LogP contribution in [0.4, 0.5) is 0 Å². The van der Waals surface area contributed by atoms with E-state index in [0.29, 0.717) is 5.56 Å². The van der Waals surface area contributed by atoms with Gasteiger partial charge in [-0.2, -0.15) is 0 Å². The van der Waals surface area contributed by atoms with Gasteiger partial charge in [-0.3, -0.25) is 4.68 Å². The Bertz CT molecular complexity index is 848. The number of esters is 1. The molecule has 3 aromatic rings. The van der Waals surface area contributed by atoms with Gasteiger partial charge in [0.15, 0.2) is 0 Å². The molecule has 22 heavy (non-hydrogen) atoms. The molecule has 1 aromatic heterocycles. The molecule has 4 nitrogen and oxygen atoms in total. The summed E-state index contributed by atoms with van der Waals surface area (Å²) in [7, 11) is 1.41. The first-order valence-corrected chi connectivity index (χ1v) is 7.32. The lowest BCUT2D eigenvalue weighted by atomic mass is 10.1. The molecule has 0 atom stereocenters. The lowest BCUT2D eigenvalue weighted by molar-refractivity contribution is 0.0601. The molecule has 110 valence electrons. The smallest absolute Gasteiger partial charge is 0.337 e. The Morgan fingerprint density at radius 2 is 1.82 bits per heavy atom. The first kappa shape index (κ1) is 13.0. The Hall–Kier alpha value is -2.75. The van der Waals surface area contributed by atoms with Crippen molar-refractivity contribution in [3.8, 4) is 11.3 Å². The molecule has 2 aromatic carbocycles. The highest BCUT2D eigenvalue weighted by atomic mass is 16.5. The molecule has 0 spiro atoms. The number of hydrogen-bond donors (Lipinski definition) is 0. The standard InChI is InChI=1S/C18H16N2O2/c1-22-18(21)14-7-8-16-15(11-14)12-17(20(16)19-9-10-19)13-5-3-2-4-6-13/h2-8,11-12H,9-10H2,1H3. The summed E-state index contributed by atoms with van der Waals surface area (Å²) in [6, 6.07) is 18.2. The highest BCUT2D eigenvalue weighted by Crippen LogP contribution is 2.31. The van der Waals surface area contributed by atoms with Gasteiger partial charge in [0.25, 0.3) is 0 Å². The minimum Gasteiger partial charge on any atom is -0.465 e. The molecule has 0 bridgehead atoms. The van der Waals surface area contributed by atoms with Gasteiger partial charge in [0, 0.05) is 10.9 Å². The van der Waals surface area contributed by atoms with Crippen LogP contribution in [0.1, 0.15) is 10.4 Å². The molecule has 1 saturated heterocycles. The second-order valence-electron chi connectivity index (χ2n) is 5.43. The van der Waals surface area contributed by atoms with Gasteiger partial charge in [0.2, 0.25) is 0 Å². The Morgan fingerprint density at radius 3 is 2.50 bits per heavy atom. The van der Waals surface area contributed by atoms with Crippen molar-refractivity contribution < 1.29 is 9.53 Å². The van der Waals surface area contributed by atoms with Gasteiger partial charge in [0.05, 0.1) is 37.0 Å². The first-order chi connectivity index (χ1) is 10.8. The van der Waals surface area contributed by atoms with E-state index in [2.05, 4.69) is 27.9 Å². The molecule has 1 aliphatic rings. The van der Waals surface area contributed by atoms with Crippen LogP contribution in [-0.4, -0.2) is 30.8 Å². The van der Waals surface area contributed by atoms with Crippen molar-refractivity contribution in [2.75, 3.05) is 25.2 Å². The normalized spacial score (nSPS) is 13.4. The van der Waals surface area contributed by atoms with Crippen molar-refractivity contribution in [2.24, 2.45) is 0 Å². The molecule has 0 aliphatic carbocycles. The molecular formula is C18H16N2O2. The maximum absolute atomic E-state index is 11.7. The van der Waals surface area contributed by atoms with Crippen LogP contribution in [0.2, 0.25) is 0 Å². The summed E-state index contributed by atoms with van der Waals surface area (Å²) in [5.74, 6) is -0.303. The van der Waals surface area contributed by atoms with E-state index in [4.69, 9.17) is 4.74 Å². The van der Waals surface area contributed by atoms with Crippen molar-refractivity contribution in [2.45, 2.75) is 0 Å². The first-order valence-electron chi connectivity index (χ1n) is 7.32. The summed E-state index contributed by atoms with van der Waals surface area (Å²) in [6.45, 7) is 2.12. The fraction of sp³-hybridized carbons (Fsp3) is 0.167. The van der Waals surface area contributed by atoms with E-state index in [1.807, 2.05) is 36.4 Å². The maximum Gasteiger partial charge on any atom is 0.337 e. The molecule has 2 heterocycles. The van der Waals surface area contributed by atoms with Crippen molar-refractivity contribution in [3.63, 3.8) is 0 Å². The number of carbonyl (C=O) groups is 1. The molecule has 0 amide bonds. The third kappa shape index (κ3) is 2.04. The molecule has 0 radical (unpaired) electrons. The fourth-order valence-corrected chi connectivity index (χ4v) is 2.81. The van der Waals surface area contributed by atoms with Crippen LogP contribution in [-0.2, 0) is 4.74 Å². The highest BCUT2D eigenvalue weighted by molar-refractivity contribution is 5.96. The number of carbonyl (C=O) groups excluding carboxylic acids is 1. The molecule has 0 unspecified atom stereocenters. The average Bonchev–Trinajstić information content (AvgIpc) is 3.34. The minimum absolute atomic E-state index is 0.303. The van der Waals surface area contributed by atoms with Crippen molar-refractivity contribution in [1.29, 1.82) is 0 Å². The third-order valence-corrected chi connectivity index (χ3v) is 3.97. The Labute approximate surface area is 128 Å². The van der Waals surface area contributed by atoms with Crippen LogP contribution in [0.25, 0.3) is 22.2 Å². The molecule has 1 fully saturated rings. The van der Waals surface area contributed by atoms with E-state index in [-0.39, 0.29) is 5.97 Å². The Morgan fingerprint density at radius 1 is 1.05 bits per heavy atom. The number of aromatic nitrogens is 1. The third-order valence-electron chi connectivity index (χ3n) is 3.97. The second-order valence-corrected chi connectivity index (χ2v) is 5.43. The predicted octanol–water partition coefficient (Wildman–Crippen LogP) is 3.05. The van der Waals surface area contributed by atoms with Crippen LogP contribution in [0.5, 0.6) is 0 Å². The quantitative estimate of drug-likeness (QED) is 0.549. The van der Waals surface area contributed by atoms with E-state index >= 15 is 0 Å². The molecular weight excluding hydrogens is 276 g/mol. The lowest BCUT2D eigenvalue weighted by Gasteiger charge is -2.12. The predicted molar refractivity (Wildman–Crippen MR) is 86.7 cm³/mol. The van der Waals surface area contributed by atoms with E-state index < -0.39 is 0 Å². The van der Waals surface area contributed by atoms with Gasteiger partial charge >= 0.3 is 5.97 Å². The number of nitrogens with zero attached hydrogens (tertiary/aromatic N) is 2. The summed E-state index contributed by atoms with van der Waals surface area (Å²) in [4.78, 5) is 11.7. The number of rotatable bonds is 3. The zero-order valence-corrected chi connectivity index (χ0v) is 12.3. The van der Waals surface area contributed by atoms with Crippen LogP contribution < -0.4 is 5.01 Å². The van der Waals surface area contributed by atoms with Crippen molar-refractivity contribution in [3.05, 3.63) is 60.2 Å². The number of methoxy groups -OCH3 is 1. The number of ether oxygens (including phenoxy) is 1. The highest BCUT2D eigenvalue weighted by Gasteiger charge is 2.24. The lowest BCUT2D eigenvalue weighted by Crippen LogP contribution is -2.12. The van der Waals surface area contributed by atoms with E-state index in [1.54, 1.807) is 0 Å². The zero-order valence-electron chi connectivity index (χ0n) is 12.3. The fourth-order valence-electron chi connectivity index (χ4n) is 2.81. The van der Waals surface area contributed by atoms with Gasteiger partial charge in [-0.1, -0.05) is 30.3 Å². The zero-order chi connectivity index (χ0) is 15.1. The molecule has 4 heteroatoms. The largest absolute Gasteiger partial charge is 0.465 e. The van der Waals surface area contributed by atoms with Crippen LogP contribution in [0.3, 0.4) is 0 Å². The van der Waals surface area contributed by atoms with Crippen molar-refractivity contribution >= 4 is 16.9 Å². The molecule has 0 saturated carbocycles. The van der Waals surface area contributed by atoms with Gasteiger partial charge in [-0.25, -0.2) is 4.79 Å². The molecule has 4 rings (SSSR count).